The molecule has 2 atom stereocenters. The van der Waals surface area contributed by atoms with Crippen LogP contribution < -0.4 is 10.6 Å². The van der Waals surface area contributed by atoms with Crippen LogP contribution in [-0.2, 0) is 9.59 Å². The van der Waals surface area contributed by atoms with Crippen molar-refractivity contribution < 1.29 is 14.7 Å². The van der Waals surface area contributed by atoms with E-state index in [9.17, 15) is 9.59 Å². The molecule has 0 aliphatic rings. The average Bonchev–Trinajstić information content (AvgIpc) is 2.65. The fourth-order valence-electron chi connectivity index (χ4n) is 2.00. The summed E-state index contributed by atoms with van der Waals surface area (Å²) in [4.78, 5) is 24.3. The number of aryl methyl sites for hydroxylation is 1. The van der Waals surface area contributed by atoms with Gasteiger partial charge in [-0.15, -0.1) is 11.3 Å². The predicted octanol–water partition coefficient (Wildman–Crippen LogP) is 2.70. The lowest BCUT2D eigenvalue weighted by atomic mass is 9.99. The summed E-state index contributed by atoms with van der Waals surface area (Å²) in [6.07, 6.45) is 0.744. The summed E-state index contributed by atoms with van der Waals surface area (Å²) >= 11 is 1.54. The first-order valence-electron chi connectivity index (χ1n) is 7.10. The molecule has 21 heavy (non-hydrogen) atoms. The van der Waals surface area contributed by atoms with E-state index in [0.717, 1.165) is 17.0 Å². The van der Waals surface area contributed by atoms with Crippen LogP contribution in [0.15, 0.2) is 0 Å². The second-order valence-electron chi connectivity index (χ2n) is 5.37. The number of rotatable bonds is 7. The van der Waals surface area contributed by atoms with Crippen LogP contribution in [0, 0.1) is 26.7 Å². The van der Waals surface area contributed by atoms with Gasteiger partial charge in [-0.3, -0.25) is 14.9 Å². The van der Waals surface area contributed by atoms with E-state index in [1.54, 1.807) is 11.3 Å². The van der Waals surface area contributed by atoms with E-state index < -0.39 is 12.0 Å². The third-order valence-electron chi connectivity index (χ3n) is 3.90. The van der Waals surface area contributed by atoms with Crippen LogP contribution >= 0.6 is 11.3 Å². The Morgan fingerprint density at radius 1 is 1.24 bits per heavy atom. The van der Waals surface area contributed by atoms with E-state index in [4.69, 9.17) is 5.11 Å². The van der Waals surface area contributed by atoms with Crippen molar-refractivity contribution in [1.29, 1.82) is 0 Å². The summed E-state index contributed by atoms with van der Waals surface area (Å²) in [5.74, 6) is -1.16. The third-order valence-corrected chi connectivity index (χ3v) is 5.13. The first kappa shape index (κ1) is 17.7. The van der Waals surface area contributed by atoms with Crippen molar-refractivity contribution in [2.75, 3.05) is 11.9 Å². The normalized spacial score (nSPS) is 13.8. The number of carbonyl (C=O) groups is 2. The van der Waals surface area contributed by atoms with Crippen LogP contribution in [0.2, 0.25) is 0 Å². The molecule has 5 nitrogen and oxygen atoms in total. The van der Waals surface area contributed by atoms with E-state index >= 15 is 0 Å². The van der Waals surface area contributed by atoms with E-state index in [2.05, 4.69) is 10.6 Å². The molecule has 0 saturated heterocycles. The molecule has 6 heteroatoms. The van der Waals surface area contributed by atoms with Crippen molar-refractivity contribution in [3.63, 3.8) is 0 Å². The number of hydrogen-bond donors (Lipinski definition) is 3. The van der Waals surface area contributed by atoms with Crippen molar-refractivity contribution in [3.8, 4) is 0 Å². The molecule has 0 unspecified atom stereocenters. The Labute approximate surface area is 129 Å². The maximum absolute atomic E-state index is 12.0. The summed E-state index contributed by atoms with van der Waals surface area (Å²) in [6.45, 7) is 9.81. The summed E-state index contributed by atoms with van der Waals surface area (Å²) in [5, 5.41) is 15.7. The highest BCUT2D eigenvalue weighted by atomic mass is 32.1. The Bertz CT molecular complexity index is 525. The van der Waals surface area contributed by atoms with Gasteiger partial charge >= 0.3 is 5.97 Å². The monoisotopic (exact) mass is 312 g/mol. The highest BCUT2D eigenvalue weighted by Crippen LogP contribution is 2.31. The second kappa shape index (κ2) is 7.56. The number of carboxylic acid groups (broad SMARTS) is 1. The molecule has 1 heterocycles. The van der Waals surface area contributed by atoms with Crippen molar-refractivity contribution in [2.45, 2.75) is 47.1 Å². The minimum absolute atomic E-state index is 0.00323. The Morgan fingerprint density at radius 3 is 2.29 bits per heavy atom. The van der Waals surface area contributed by atoms with Gasteiger partial charge in [0, 0.05) is 4.88 Å². The zero-order valence-electron chi connectivity index (χ0n) is 13.2. The van der Waals surface area contributed by atoms with Gasteiger partial charge in [-0.1, -0.05) is 20.3 Å². The molecule has 1 aromatic heterocycles. The molecule has 0 saturated carbocycles. The van der Waals surface area contributed by atoms with Gasteiger partial charge in [-0.25, -0.2) is 0 Å². The van der Waals surface area contributed by atoms with Gasteiger partial charge in [-0.2, -0.15) is 0 Å². The Hall–Kier alpha value is -1.40. The fourth-order valence-corrected chi connectivity index (χ4v) is 3.08. The maximum Gasteiger partial charge on any atom is 0.320 e. The van der Waals surface area contributed by atoms with Crippen molar-refractivity contribution in [3.05, 3.63) is 16.0 Å². The molecular weight excluding hydrogens is 288 g/mol. The smallest absolute Gasteiger partial charge is 0.320 e. The summed E-state index contributed by atoms with van der Waals surface area (Å²) in [7, 11) is 0. The van der Waals surface area contributed by atoms with Crippen LogP contribution in [0.1, 0.15) is 36.3 Å². The lowest BCUT2D eigenvalue weighted by molar-refractivity contribution is -0.140. The zero-order chi connectivity index (χ0) is 16.2. The number of amides is 1. The lowest BCUT2D eigenvalue weighted by Crippen LogP contribution is -2.45. The number of carboxylic acids is 1. The summed E-state index contributed by atoms with van der Waals surface area (Å²) in [5.41, 5.74) is 2.26. The van der Waals surface area contributed by atoms with E-state index in [1.165, 1.54) is 10.4 Å². The molecular formula is C15H24N2O3S. The molecule has 0 spiro atoms. The quantitative estimate of drug-likeness (QED) is 0.723. The topological polar surface area (TPSA) is 78.4 Å². The molecule has 0 bridgehead atoms. The second-order valence-corrected chi connectivity index (χ2v) is 6.59. The molecule has 1 amide bonds. The number of aliphatic carboxylic acids is 1. The molecule has 3 N–H and O–H groups in total. The van der Waals surface area contributed by atoms with Crippen molar-refractivity contribution >= 4 is 28.2 Å². The van der Waals surface area contributed by atoms with Crippen LogP contribution in [0.5, 0.6) is 0 Å². The predicted molar refractivity (Wildman–Crippen MR) is 86.0 cm³/mol. The fraction of sp³-hybridized carbons (Fsp3) is 0.600. The van der Waals surface area contributed by atoms with Gasteiger partial charge in [0.05, 0.1) is 11.5 Å². The van der Waals surface area contributed by atoms with Gasteiger partial charge in [0.2, 0.25) is 5.91 Å². The number of anilines is 1. The van der Waals surface area contributed by atoms with Gasteiger partial charge < -0.3 is 10.4 Å². The number of nitrogens with one attached hydrogen (secondary N) is 2. The Morgan fingerprint density at radius 2 is 1.86 bits per heavy atom. The number of hydrogen-bond acceptors (Lipinski definition) is 4. The number of thiophene rings is 1. The van der Waals surface area contributed by atoms with Gasteiger partial charge in [0.25, 0.3) is 0 Å². The minimum Gasteiger partial charge on any atom is -0.480 e. The van der Waals surface area contributed by atoms with Crippen molar-refractivity contribution in [2.24, 2.45) is 5.92 Å². The molecule has 1 aromatic rings. The van der Waals surface area contributed by atoms with E-state index in [0.29, 0.717) is 0 Å². The largest absolute Gasteiger partial charge is 0.480 e. The van der Waals surface area contributed by atoms with Gasteiger partial charge in [0.15, 0.2) is 0 Å². The molecule has 0 fully saturated rings. The van der Waals surface area contributed by atoms with Crippen molar-refractivity contribution in [1.82, 2.24) is 5.32 Å². The van der Waals surface area contributed by atoms with Crippen LogP contribution in [-0.4, -0.2) is 29.6 Å². The molecule has 0 aromatic carbocycles. The highest BCUT2D eigenvalue weighted by molar-refractivity contribution is 7.16. The Kier molecular flexibility index (Phi) is 6.36. The van der Waals surface area contributed by atoms with Gasteiger partial charge in [-0.05, 0) is 37.8 Å². The van der Waals surface area contributed by atoms with Gasteiger partial charge in [0.1, 0.15) is 6.04 Å². The molecule has 0 aliphatic carbocycles. The maximum atomic E-state index is 12.0. The lowest BCUT2D eigenvalue weighted by Gasteiger charge is -2.19. The summed E-state index contributed by atoms with van der Waals surface area (Å²) in [6, 6.07) is -0.700. The van der Waals surface area contributed by atoms with Crippen LogP contribution in [0.4, 0.5) is 5.00 Å². The highest BCUT2D eigenvalue weighted by Gasteiger charge is 2.23. The SMILES string of the molecule is CC[C@H](C)[C@H](NCC(=O)Nc1sc(C)c(C)c1C)C(=O)O. The minimum atomic E-state index is -0.920. The Balaban J connectivity index is 2.61. The molecule has 118 valence electrons. The van der Waals surface area contributed by atoms with Crippen LogP contribution in [0.3, 0.4) is 0 Å². The van der Waals surface area contributed by atoms with E-state index in [-0.39, 0.29) is 18.4 Å². The molecule has 0 radical (unpaired) electrons. The zero-order valence-corrected chi connectivity index (χ0v) is 14.1. The standard InChI is InChI=1S/C15H24N2O3S/c1-6-8(2)13(15(19)20)16-7-12(18)17-14-10(4)9(3)11(5)21-14/h8,13,16H,6-7H2,1-5H3,(H,17,18)(H,19,20)/t8-,13-/m0/s1. The average molecular weight is 312 g/mol. The van der Waals surface area contributed by atoms with E-state index in [1.807, 2.05) is 34.6 Å². The third kappa shape index (κ3) is 4.54. The first-order valence-corrected chi connectivity index (χ1v) is 7.92. The van der Waals surface area contributed by atoms with Crippen LogP contribution in [0.25, 0.3) is 0 Å². The summed E-state index contributed by atoms with van der Waals surface area (Å²) < 4.78 is 0. The first-order chi connectivity index (χ1) is 9.77. The molecule has 0 aliphatic heterocycles. The molecule has 1 rings (SSSR count). The number of carbonyl (C=O) groups excluding carboxylic acids is 1.